The number of hydrogen-bond donors (Lipinski definition) is 2. The summed E-state index contributed by atoms with van der Waals surface area (Å²) in [4.78, 5) is 16.4. The molecule has 0 aromatic rings. The lowest BCUT2D eigenvalue weighted by Crippen LogP contribution is -2.42. The SMILES string of the molecule is CCCCC/C=C\C/C=C\CCCCCCCC(=O)OCCCN(CCCOC)C(=S)NCCCN(C)C.CCCCC/C=C\C/C=C\CCCCCCCO. The molecular formula is C48H91N3O4S. The summed E-state index contributed by atoms with van der Waals surface area (Å²) in [6.45, 7) is 9.51. The van der Waals surface area contributed by atoms with E-state index in [0.717, 1.165) is 89.1 Å². The van der Waals surface area contributed by atoms with E-state index in [1.54, 1.807) is 7.11 Å². The van der Waals surface area contributed by atoms with Crippen molar-refractivity contribution in [2.45, 2.75) is 181 Å². The second-order valence-corrected chi connectivity index (χ2v) is 15.6. The Morgan fingerprint density at radius 1 is 0.589 bits per heavy atom. The first-order valence-corrected chi connectivity index (χ1v) is 23.4. The van der Waals surface area contributed by atoms with E-state index < -0.39 is 0 Å². The van der Waals surface area contributed by atoms with Crippen LogP contribution in [0.1, 0.15) is 181 Å². The molecule has 0 saturated carbocycles. The number of rotatable bonds is 39. The van der Waals surface area contributed by atoms with E-state index in [-0.39, 0.29) is 5.97 Å². The molecule has 0 aliphatic heterocycles. The van der Waals surface area contributed by atoms with Crippen molar-refractivity contribution in [1.82, 2.24) is 15.1 Å². The van der Waals surface area contributed by atoms with Crippen LogP contribution in [0.4, 0.5) is 0 Å². The molecule has 0 aliphatic carbocycles. The first kappa shape index (κ1) is 56.1. The maximum Gasteiger partial charge on any atom is 0.305 e. The van der Waals surface area contributed by atoms with E-state index in [0.29, 0.717) is 26.2 Å². The van der Waals surface area contributed by atoms with Gasteiger partial charge in [0.2, 0.25) is 0 Å². The monoisotopic (exact) mass is 806 g/mol. The molecule has 0 spiro atoms. The van der Waals surface area contributed by atoms with Gasteiger partial charge in [0.1, 0.15) is 0 Å². The molecule has 0 fully saturated rings. The van der Waals surface area contributed by atoms with E-state index in [1.807, 2.05) is 0 Å². The van der Waals surface area contributed by atoms with E-state index in [2.05, 4.69) is 91.7 Å². The highest BCUT2D eigenvalue weighted by Gasteiger charge is 2.10. The number of hydrogen-bond acceptors (Lipinski definition) is 6. The number of aliphatic hydroxyl groups excluding tert-OH is 1. The second-order valence-electron chi connectivity index (χ2n) is 15.2. The number of aliphatic hydroxyl groups is 1. The van der Waals surface area contributed by atoms with Crippen LogP contribution < -0.4 is 5.32 Å². The lowest BCUT2D eigenvalue weighted by molar-refractivity contribution is -0.143. The van der Waals surface area contributed by atoms with Gasteiger partial charge in [-0.2, -0.15) is 0 Å². The van der Waals surface area contributed by atoms with Crippen molar-refractivity contribution in [3.05, 3.63) is 48.6 Å². The standard InChI is InChI=1S/C31H59N3O3S.C17H32O/c1-5-6-7-8-9-10-11-12-13-14-15-16-17-18-19-23-30(35)37-29-22-27-34(26-21-28-36-4)31(38)32-24-20-25-33(2)3;1-2-3-4-5-6-7-8-9-10-11-12-13-14-15-16-17-18/h9-10,12-13H,5-8,11,14-29H2,1-4H3,(H,32,38);6-7,9-10,18H,2-5,8,11-17H2,1H3/b10-9-,13-12-;7-6-,10-9-. The van der Waals surface area contributed by atoms with Crippen molar-refractivity contribution in [1.29, 1.82) is 0 Å². The Hall–Kier alpha value is -2.00. The van der Waals surface area contributed by atoms with E-state index in [1.165, 1.54) is 103 Å². The third-order valence-electron chi connectivity index (χ3n) is 9.40. The zero-order valence-corrected chi connectivity index (χ0v) is 38.2. The highest BCUT2D eigenvalue weighted by Crippen LogP contribution is 2.10. The first-order chi connectivity index (χ1) is 27.4. The van der Waals surface area contributed by atoms with Crippen molar-refractivity contribution in [3.8, 4) is 0 Å². The molecule has 0 heterocycles. The average Bonchev–Trinajstić information content (AvgIpc) is 3.19. The molecule has 2 N–H and O–H groups in total. The Labute approximate surface area is 353 Å². The molecule has 0 bridgehead atoms. The van der Waals surface area contributed by atoms with Crippen molar-refractivity contribution < 1.29 is 19.4 Å². The molecule has 7 nitrogen and oxygen atoms in total. The summed E-state index contributed by atoms with van der Waals surface area (Å²) < 4.78 is 10.7. The molecular weight excluding hydrogens is 715 g/mol. The second kappa shape index (κ2) is 49.1. The van der Waals surface area contributed by atoms with Crippen LogP contribution in [0.5, 0.6) is 0 Å². The minimum atomic E-state index is -0.0778. The third-order valence-corrected chi connectivity index (χ3v) is 9.80. The third kappa shape index (κ3) is 48.1. The van der Waals surface area contributed by atoms with Gasteiger partial charge in [0.25, 0.3) is 0 Å². The Kier molecular flexibility index (Phi) is 49.2. The van der Waals surface area contributed by atoms with Crippen LogP contribution in [0.15, 0.2) is 48.6 Å². The zero-order valence-electron chi connectivity index (χ0n) is 37.4. The van der Waals surface area contributed by atoms with E-state index in [4.69, 9.17) is 26.8 Å². The molecule has 0 radical (unpaired) electrons. The van der Waals surface area contributed by atoms with Crippen LogP contribution in [0.2, 0.25) is 0 Å². The summed E-state index contributed by atoms with van der Waals surface area (Å²) in [5.41, 5.74) is 0. The highest BCUT2D eigenvalue weighted by atomic mass is 32.1. The predicted molar refractivity (Wildman–Crippen MR) is 249 cm³/mol. The summed E-state index contributed by atoms with van der Waals surface area (Å²) in [5.74, 6) is -0.0778. The number of ether oxygens (including phenoxy) is 2. The van der Waals surface area contributed by atoms with Gasteiger partial charge in [0.05, 0.1) is 6.61 Å². The van der Waals surface area contributed by atoms with E-state index in [9.17, 15) is 4.79 Å². The molecule has 0 aliphatic rings. The molecule has 0 aromatic carbocycles. The number of thiocarbonyl (C=S) groups is 1. The van der Waals surface area contributed by atoms with Crippen LogP contribution in [0, 0.1) is 0 Å². The molecule has 0 atom stereocenters. The first-order valence-electron chi connectivity index (χ1n) is 23.0. The Morgan fingerprint density at radius 3 is 1.54 bits per heavy atom. The van der Waals surface area contributed by atoms with Crippen molar-refractivity contribution >= 4 is 23.3 Å². The molecule has 0 rings (SSSR count). The highest BCUT2D eigenvalue weighted by molar-refractivity contribution is 7.80. The van der Waals surface area contributed by atoms with Crippen LogP contribution in [0.3, 0.4) is 0 Å². The van der Waals surface area contributed by atoms with Gasteiger partial charge in [-0.1, -0.05) is 127 Å². The summed E-state index contributed by atoms with van der Waals surface area (Å²) in [7, 11) is 5.87. The maximum atomic E-state index is 12.1. The molecule has 8 heteroatoms. The van der Waals surface area contributed by atoms with Crippen molar-refractivity contribution in [2.75, 3.05) is 67.2 Å². The molecule has 0 aromatic heterocycles. The summed E-state index contributed by atoms with van der Waals surface area (Å²) >= 11 is 5.60. The lowest BCUT2D eigenvalue weighted by atomic mass is 10.1. The Morgan fingerprint density at radius 2 is 1.05 bits per heavy atom. The number of carbonyl (C=O) groups is 1. The number of allylic oxidation sites excluding steroid dienone is 8. The summed E-state index contributed by atoms with van der Waals surface area (Å²) in [6, 6.07) is 0. The largest absolute Gasteiger partial charge is 0.466 e. The Bertz CT molecular complexity index is 937. The molecule has 56 heavy (non-hydrogen) atoms. The average molecular weight is 806 g/mol. The van der Waals surface area contributed by atoms with Gasteiger partial charge in [0.15, 0.2) is 5.11 Å². The normalized spacial score (nSPS) is 11.7. The van der Waals surface area contributed by atoms with Crippen molar-refractivity contribution in [3.63, 3.8) is 0 Å². The van der Waals surface area contributed by atoms with Gasteiger partial charge in [-0.05, 0) is 129 Å². The maximum absolute atomic E-state index is 12.1. The van der Waals surface area contributed by atoms with Gasteiger partial charge >= 0.3 is 5.97 Å². The summed E-state index contributed by atoms with van der Waals surface area (Å²) in [6.07, 6.45) is 48.2. The predicted octanol–water partition coefficient (Wildman–Crippen LogP) is 12.3. The fourth-order valence-electron chi connectivity index (χ4n) is 5.93. The molecule has 328 valence electrons. The molecule has 0 saturated heterocycles. The van der Waals surface area contributed by atoms with Gasteiger partial charge < -0.3 is 29.7 Å². The number of nitrogens with one attached hydrogen (secondary N) is 1. The topological polar surface area (TPSA) is 74.3 Å². The van der Waals surface area contributed by atoms with E-state index >= 15 is 0 Å². The van der Waals surface area contributed by atoms with Gasteiger partial charge in [0, 0.05) is 46.4 Å². The lowest BCUT2D eigenvalue weighted by Gasteiger charge is -2.26. The van der Waals surface area contributed by atoms with Gasteiger partial charge in [-0.3, -0.25) is 4.79 Å². The number of carbonyl (C=O) groups excluding carboxylic acids is 1. The number of unbranched alkanes of at least 4 members (excludes halogenated alkanes) is 16. The number of methoxy groups -OCH3 is 1. The molecule has 0 unspecified atom stereocenters. The van der Waals surface area contributed by atoms with Crippen LogP contribution >= 0.6 is 12.2 Å². The number of nitrogens with zero attached hydrogens (tertiary/aromatic N) is 2. The fraction of sp³-hybridized carbons (Fsp3) is 0.792. The zero-order chi connectivity index (χ0) is 41.4. The fourth-order valence-corrected chi connectivity index (χ4v) is 6.22. The van der Waals surface area contributed by atoms with Crippen LogP contribution in [-0.4, -0.2) is 93.2 Å². The van der Waals surface area contributed by atoms with Gasteiger partial charge in [-0.25, -0.2) is 0 Å². The minimum Gasteiger partial charge on any atom is -0.466 e. The van der Waals surface area contributed by atoms with Crippen LogP contribution in [0.25, 0.3) is 0 Å². The smallest absolute Gasteiger partial charge is 0.305 e. The van der Waals surface area contributed by atoms with Crippen molar-refractivity contribution in [2.24, 2.45) is 0 Å². The summed E-state index contributed by atoms with van der Waals surface area (Å²) in [5, 5.41) is 12.8. The quantitative estimate of drug-likeness (QED) is 0.0275. The van der Waals surface area contributed by atoms with Gasteiger partial charge in [-0.15, -0.1) is 0 Å². The number of esters is 1. The molecule has 0 amide bonds. The minimum absolute atomic E-state index is 0.0778. The Balaban J connectivity index is 0. The van der Waals surface area contributed by atoms with Crippen LogP contribution in [-0.2, 0) is 14.3 Å².